The van der Waals surface area contributed by atoms with Crippen LogP contribution in [-0.4, -0.2) is 39.1 Å². The van der Waals surface area contributed by atoms with Crippen molar-refractivity contribution in [1.82, 2.24) is 14.7 Å². The quantitative estimate of drug-likeness (QED) is 0.214. The van der Waals surface area contributed by atoms with E-state index in [-0.39, 0.29) is 17.5 Å². The number of rotatable bonds is 8. The molecule has 2 aliphatic rings. The normalized spacial score (nSPS) is 17.3. The number of nitrogens with zero attached hydrogens (tertiary/aromatic N) is 4. The fourth-order valence-corrected chi connectivity index (χ4v) is 5.72. The van der Waals surface area contributed by atoms with Gasteiger partial charge in [0.15, 0.2) is 0 Å². The number of aromatic nitrogens is 2. The minimum atomic E-state index is -0.479. The zero-order chi connectivity index (χ0) is 29.8. The van der Waals surface area contributed by atoms with E-state index in [1.54, 1.807) is 17.7 Å². The number of benzene rings is 2. The topological polar surface area (TPSA) is 88.2 Å². The molecule has 1 aliphatic carbocycles. The summed E-state index contributed by atoms with van der Waals surface area (Å²) in [4.78, 5) is 28.6. The number of hydrogen-bond donors (Lipinski definition) is 0. The molecule has 0 saturated heterocycles. The average Bonchev–Trinajstić information content (AvgIpc) is 3.41. The van der Waals surface area contributed by atoms with Gasteiger partial charge in [-0.15, -0.1) is 0 Å². The number of ether oxygens (including phenoxy) is 1. The van der Waals surface area contributed by atoms with E-state index < -0.39 is 5.91 Å². The van der Waals surface area contributed by atoms with Crippen LogP contribution in [0.1, 0.15) is 70.4 Å². The summed E-state index contributed by atoms with van der Waals surface area (Å²) in [5, 5.41) is 14.9. The molecule has 0 unspecified atom stereocenters. The Kier molecular flexibility index (Phi) is 8.72. The highest BCUT2D eigenvalue weighted by atomic mass is 16.5. The molecular formula is C35H38N4O3. The first-order valence-electron chi connectivity index (χ1n) is 14.9. The summed E-state index contributed by atoms with van der Waals surface area (Å²) < 4.78 is 7.84. The van der Waals surface area contributed by atoms with Crippen molar-refractivity contribution in [1.29, 1.82) is 5.26 Å². The van der Waals surface area contributed by atoms with Crippen LogP contribution in [0.5, 0.6) is 5.75 Å². The lowest BCUT2D eigenvalue weighted by Gasteiger charge is -2.36. The fourth-order valence-electron chi connectivity index (χ4n) is 5.72. The van der Waals surface area contributed by atoms with Crippen LogP contribution in [0.3, 0.4) is 0 Å². The molecule has 1 aliphatic heterocycles. The standard InChI is InChI=1S/C35H38N4O3/c1-23(2)17-18-42-32-16-15-26(19-24(32)3)33-27(22-38(37-33)28-11-7-5-8-12-28)20-30-25(4)31(21-36)35(41)39(34(30)40)29-13-9-6-10-14-29/h5,7-8,11-12,15-16,19-20,22-23,29H,6,9-10,13-14,17-18H2,1-4H3/b30-20+. The molecule has 2 aromatic carbocycles. The lowest BCUT2D eigenvalue weighted by molar-refractivity contribution is -0.143. The van der Waals surface area contributed by atoms with Crippen molar-refractivity contribution in [3.05, 3.63) is 82.6 Å². The molecule has 2 amide bonds. The van der Waals surface area contributed by atoms with Crippen molar-refractivity contribution in [2.75, 3.05) is 6.61 Å². The van der Waals surface area contributed by atoms with Gasteiger partial charge in [0.2, 0.25) is 0 Å². The summed E-state index contributed by atoms with van der Waals surface area (Å²) in [6.07, 6.45) is 9.24. The molecule has 1 aromatic heterocycles. The first-order valence-corrected chi connectivity index (χ1v) is 14.9. The number of carbonyl (C=O) groups excluding carboxylic acids is 2. The van der Waals surface area contributed by atoms with Crippen molar-refractivity contribution in [2.24, 2.45) is 5.92 Å². The van der Waals surface area contributed by atoms with Crippen molar-refractivity contribution in [3.8, 4) is 28.8 Å². The van der Waals surface area contributed by atoms with Gasteiger partial charge in [0, 0.05) is 28.9 Å². The van der Waals surface area contributed by atoms with Crippen molar-refractivity contribution in [3.63, 3.8) is 0 Å². The molecule has 2 heterocycles. The van der Waals surface area contributed by atoms with Gasteiger partial charge in [0.25, 0.3) is 11.8 Å². The van der Waals surface area contributed by atoms with E-state index in [4.69, 9.17) is 9.84 Å². The number of para-hydroxylation sites is 1. The Balaban J connectivity index is 1.60. The van der Waals surface area contributed by atoms with E-state index in [0.717, 1.165) is 66.7 Å². The predicted octanol–water partition coefficient (Wildman–Crippen LogP) is 7.20. The maximum absolute atomic E-state index is 13.9. The Bertz CT molecular complexity index is 1580. The largest absolute Gasteiger partial charge is 0.493 e. The molecule has 3 aromatic rings. The average molecular weight is 563 g/mol. The van der Waals surface area contributed by atoms with E-state index in [0.29, 0.717) is 29.4 Å². The second kappa shape index (κ2) is 12.6. The molecule has 0 spiro atoms. The van der Waals surface area contributed by atoms with E-state index >= 15 is 0 Å². The highest BCUT2D eigenvalue weighted by molar-refractivity contribution is 6.20. The van der Waals surface area contributed by atoms with Crippen LogP contribution >= 0.6 is 0 Å². The highest BCUT2D eigenvalue weighted by Gasteiger charge is 2.40. The van der Waals surface area contributed by atoms with Gasteiger partial charge in [-0.05, 0) is 86.6 Å². The van der Waals surface area contributed by atoms with Crippen LogP contribution in [0.4, 0.5) is 0 Å². The van der Waals surface area contributed by atoms with E-state index in [1.165, 1.54) is 4.90 Å². The lowest BCUT2D eigenvalue weighted by Crippen LogP contribution is -2.49. The van der Waals surface area contributed by atoms with Gasteiger partial charge in [0.05, 0.1) is 18.0 Å². The molecule has 1 saturated carbocycles. The fraction of sp³-hybridized carbons (Fsp3) is 0.371. The predicted molar refractivity (Wildman–Crippen MR) is 164 cm³/mol. The first-order chi connectivity index (χ1) is 20.3. The number of hydrogen-bond acceptors (Lipinski definition) is 5. The maximum atomic E-state index is 13.9. The van der Waals surface area contributed by atoms with Gasteiger partial charge in [-0.1, -0.05) is 51.3 Å². The van der Waals surface area contributed by atoms with Crippen LogP contribution < -0.4 is 4.74 Å². The summed E-state index contributed by atoms with van der Waals surface area (Å²) in [5.74, 6) is 0.580. The Morgan fingerprint density at radius 1 is 1.05 bits per heavy atom. The zero-order valence-corrected chi connectivity index (χ0v) is 24.9. The third-order valence-electron chi connectivity index (χ3n) is 8.18. The molecule has 0 bridgehead atoms. The first kappa shape index (κ1) is 29.1. The van der Waals surface area contributed by atoms with Crippen LogP contribution in [0.2, 0.25) is 0 Å². The molecule has 5 rings (SSSR count). The van der Waals surface area contributed by atoms with Crippen molar-refractivity contribution in [2.45, 2.75) is 72.3 Å². The molecule has 7 nitrogen and oxygen atoms in total. The Morgan fingerprint density at radius 2 is 1.79 bits per heavy atom. The molecule has 216 valence electrons. The molecule has 7 heteroatoms. The number of carbonyl (C=O) groups is 2. The van der Waals surface area contributed by atoms with Crippen molar-refractivity contribution >= 4 is 17.9 Å². The SMILES string of the molecule is CC1=C(C#N)C(=O)N(C2CCCCC2)C(=O)/C1=C/c1cn(-c2ccccc2)nc1-c1ccc(OCCC(C)C)c(C)c1. The third-order valence-corrected chi connectivity index (χ3v) is 8.18. The smallest absolute Gasteiger partial charge is 0.271 e. The molecule has 0 radical (unpaired) electrons. The second-order valence-electron chi connectivity index (χ2n) is 11.7. The third kappa shape index (κ3) is 5.94. The van der Waals surface area contributed by atoms with Gasteiger partial charge in [-0.2, -0.15) is 10.4 Å². The number of aryl methyl sites for hydroxylation is 1. The second-order valence-corrected chi connectivity index (χ2v) is 11.7. The minimum Gasteiger partial charge on any atom is -0.493 e. The number of amides is 2. The maximum Gasteiger partial charge on any atom is 0.271 e. The van der Waals surface area contributed by atoms with E-state index in [9.17, 15) is 14.9 Å². The van der Waals surface area contributed by atoms with Crippen LogP contribution in [0, 0.1) is 24.2 Å². The van der Waals surface area contributed by atoms with Crippen LogP contribution in [0.25, 0.3) is 23.0 Å². The summed E-state index contributed by atoms with van der Waals surface area (Å²) in [6, 6.07) is 17.7. The Labute approximate surface area is 248 Å². The van der Waals surface area contributed by atoms with Crippen LogP contribution in [0.15, 0.2) is 71.4 Å². The molecule has 42 heavy (non-hydrogen) atoms. The molecule has 0 N–H and O–H groups in total. The number of imide groups is 1. The summed E-state index contributed by atoms with van der Waals surface area (Å²) >= 11 is 0. The monoisotopic (exact) mass is 562 g/mol. The van der Waals surface area contributed by atoms with Gasteiger partial charge in [-0.25, -0.2) is 4.68 Å². The summed E-state index contributed by atoms with van der Waals surface area (Å²) in [6.45, 7) is 8.72. The molecule has 0 atom stereocenters. The van der Waals surface area contributed by atoms with Gasteiger partial charge < -0.3 is 4.74 Å². The van der Waals surface area contributed by atoms with Gasteiger partial charge >= 0.3 is 0 Å². The van der Waals surface area contributed by atoms with E-state index in [2.05, 4.69) is 19.9 Å². The molecular weight excluding hydrogens is 524 g/mol. The zero-order valence-electron chi connectivity index (χ0n) is 24.9. The Hall–Kier alpha value is -4.44. The van der Waals surface area contributed by atoms with Gasteiger partial charge in [0.1, 0.15) is 17.4 Å². The lowest BCUT2D eigenvalue weighted by atomic mass is 9.88. The molecule has 1 fully saturated rings. The Morgan fingerprint density at radius 3 is 2.45 bits per heavy atom. The van der Waals surface area contributed by atoms with Crippen LogP contribution in [-0.2, 0) is 9.59 Å². The van der Waals surface area contributed by atoms with Gasteiger partial charge in [-0.3, -0.25) is 14.5 Å². The summed E-state index contributed by atoms with van der Waals surface area (Å²) in [5.41, 5.74) is 4.98. The van der Waals surface area contributed by atoms with E-state index in [1.807, 2.05) is 61.7 Å². The number of nitriles is 1. The van der Waals surface area contributed by atoms with Crippen molar-refractivity contribution < 1.29 is 14.3 Å². The summed E-state index contributed by atoms with van der Waals surface area (Å²) in [7, 11) is 0. The highest BCUT2D eigenvalue weighted by Crippen LogP contribution is 2.35. The minimum absolute atomic E-state index is 0.0298.